The van der Waals surface area contributed by atoms with Crippen LogP contribution in [0, 0.1) is 31.3 Å². The van der Waals surface area contributed by atoms with Crippen LogP contribution in [-0.4, -0.2) is 0 Å². The molecule has 0 nitrogen and oxygen atoms in total. The Morgan fingerprint density at radius 1 is 0.667 bits per heavy atom. The largest absolute Gasteiger partial charge is 0.203 e. The molecule has 54 heavy (non-hydrogen) atoms. The molecule has 1 heterocycles. The zero-order valence-corrected chi connectivity index (χ0v) is 32.6. The molecule has 7 aromatic rings. The number of rotatable bonds is 8. The topological polar surface area (TPSA) is 0 Å². The average Bonchev–Trinajstić information content (AvgIpc) is 3.55. The maximum absolute atomic E-state index is 15.2. The Kier molecular flexibility index (Phi) is 11.8. The molecule has 0 bridgehead atoms. The number of hydrogen-bond acceptors (Lipinski definition) is 1. The van der Waals surface area contributed by atoms with Crippen LogP contribution < -0.4 is 0 Å². The molecule has 1 aromatic heterocycles. The minimum absolute atomic E-state index is 0.0789. The highest BCUT2D eigenvalue weighted by atomic mass is 32.1. The van der Waals surface area contributed by atoms with Gasteiger partial charge < -0.3 is 0 Å². The summed E-state index contributed by atoms with van der Waals surface area (Å²) in [4.78, 5) is 0. The third-order valence-electron chi connectivity index (χ3n) is 10.1. The van der Waals surface area contributed by atoms with Gasteiger partial charge in [0.05, 0.1) is 0 Å². The Bertz CT molecular complexity index is 2540. The van der Waals surface area contributed by atoms with E-state index in [1.165, 1.54) is 37.7 Å². The second kappa shape index (κ2) is 16.7. The summed E-state index contributed by atoms with van der Waals surface area (Å²) < 4.78 is 47.5. The number of benzene rings is 6. The first-order chi connectivity index (χ1) is 26.0. The van der Waals surface area contributed by atoms with Gasteiger partial charge in [-0.1, -0.05) is 147 Å². The van der Waals surface area contributed by atoms with Crippen molar-refractivity contribution in [1.82, 2.24) is 0 Å². The molecule has 0 N–H and O–H groups in total. The van der Waals surface area contributed by atoms with Crippen LogP contribution in [0.4, 0.5) is 13.2 Å². The number of aryl methyl sites for hydroxylation is 1. The first-order valence-electron chi connectivity index (χ1n) is 18.4. The van der Waals surface area contributed by atoms with Gasteiger partial charge in [0.25, 0.3) is 0 Å². The fourth-order valence-corrected chi connectivity index (χ4v) is 8.24. The molecule has 272 valence electrons. The van der Waals surface area contributed by atoms with Gasteiger partial charge in [0.1, 0.15) is 0 Å². The summed E-state index contributed by atoms with van der Waals surface area (Å²) in [7, 11) is 0. The minimum Gasteiger partial charge on any atom is -0.203 e. The normalized spacial score (nSPS) is 11.8. The van der Waals surface area contributed by atoms with Crippen LogP contribution in [0.2, 0.25) is 0 Å². The summed E-state index contributed by atoms with van der Waals surface area (Å²) in [5.74, 6) is -3.19. The van der Waals surface area contributed by atoms with Gasteiger partial charge in [-0.3, -0.25) is 0 Å². The van der Waals surface area contributed by atoms with Gasteiger partial charge in [-0.05, 0) is 103 Å². The SMILES string of the molecule is C=C/C=C\C(=C(C)C)c1ccccc1C(C)CC.Cc1cccc(-c2c(C)c(-c3cccc(-c4ccc5c(c4)sc4ccccc45)c3)c(F)c(F)c2F)c1. The molecule has 0 saturated carbocycles. The van der Waals surface area contributed by atoms with Gasteiger partial charge in [0.15, 0.2) is 17.5 Å². The van der Waals surface area contributed by atoms with Gasteiger partial charge >= 0.3 is 0 Å². The molecular weight excluding hydrogens is 690 g/mol. The van der Waals surface area contributed by atoms with E-state index in [9.17, 15) is 4.39 Å². The Hall–Kier alpha value is -5.45. The average molecular weight is 735 g/mol. The van der Waals surface area contributed by atoms with E-state index < -0.39 is 17.5 Å². The molecule has 0 fully saturated rings. The van der Waals surface area contributed by atoms with Crippen LogP contribution in [0.25, 0.3) is 59.1 Å². The lowest BCUT2D eigenvalue weighted by atomic mass is 9.88. The van der Waals surface area contributed by atoms with Crippen molar-refractivity contribution >= 4 is 37.1 Å². The van der Waals surface area contributed by atoms with Gasteiger partial charge in [-0.15, -0.1) is 11.3 Å². The van der Waals surface area contributed by atoms with Crippen molar-refractivity contribution in [3.63, 3.8) is 0 Å². The fraction of sp³-hybridized carbons (Fsp3) is 0.160. The molecule has 1 unspecified atom stereocenters. The summed E-state index contributed by atoms with van der Waals surface area (Å²) >= 11 is 1.73. The van der Waals surface area contributed by atoms with E-state index in [1.807, 2.05) is 61.5 Å². The predicted octanol–water partition coefficient (Wildman–Crippen LogP) is 15.8. The second-order valence-electron chi connectivity index (χ2n) is 14.0. The molecule has 0 spiro atoms. The minimum atomic E-state index is -1.45. The lowest BCUT2D eigenvalue weighted by Crippen LogP contribution is -2.03. The van der Waals surface area contributed by atoms with Crippen molar-refractivity contribution in [1.29, 1.82) is 0 Å². The van der Waals surface area contributed by atoms with Gasteiger partial charge in [0.2, 0.25) is 0 Å². The van der Waals surface area contributed by atoms with Crippen molar-refractivity contribution in [3.05, 3.63) is 185 Å². The predicted molar refractivity (Wildman–Crippen MR) is 228 cm³/mol. The standard InChI is InChI=1S/C32H21F3S.C18H24/c1-18-7-5-9-22(15-18)28-19(2)29(31(34)32(35)30(28)33)23-10-6-8-20(16-23)21-13-14-25-24-11-3-4-12-26(24)36-27(25)17-21;1-6-8-11-16(14(3)4)18-13-10-9-12-17(18)15(5)7-2/h3-17H,1-2H3;6,8-13,15H,1,7H2,2-5H3/b;11-8-. The van der Waals surface area contributed by atoms with Gasteiger partial charge in [0, 0.05) is 31.3 Å². The van der Waals surface area contributed by atoms with Gasteiger partial charge in [-0.25, -0.2) is 13.2 Å². The fourth-order valence-electron chi connectivity index (χ4n) is 7.10. The number of hydrogen-bond donors (Lipinski definition) is 0. The summed E-state index contributed by atoms with van der Waals surface area (Å²) in [5, 5.41) is 2.42. The molecule has 4 heteroatoms. The second-order valence-corrected chi connectivity index (χ2v) is 15.1. The van der Waals surface area contributed by atoms with Crippen molar-refractivity contribution in [2.45, 2.75) is 53.9 Å². The third-order valence-corrected chi connectivity index (χ3v) is 11.2. The van der Waals surface area contributed by atoms with Crippen molar-refractivity contribution in [2.75, 3.05) is 0 Å². The zero-order valence-electron chi connectivity index (χ0n) is 31.7. The maximum Gasteiger partial charge on any atom is 0.195 e. The van der Waals surface area contributed by atoms with Crippen LogP contribution in [0.5, 0.6) is 0 Å². The molecule has 0 aliphatic heterocycles. The lowest BCUT2D eigenvalue weighted by Gasteiger charge is -2.16. The van der Waals surface area contributed by atoms with E-state index in [0.29, 0.717) is 22.6 Å². The molecule has 0 aliphatic rings. The van der Waals surface area contributed by atoms with E-state index in [-0.39, 0.29) is 11.1 Å². The Morgan fingerprint density at radius 3 is 1.96 bits per heavy atom. The van der Waals surface area contributed by atoms with E-state index >= 15 is 8.78 Å². The molecule has 0 radical (unpaired) electrons. The summed E-state index contributed by atoms with van der Waals surface area (Å²) in [6, 6.07) is 37.8. The molecule has 7 rings (SSSR count). The summed E-state index contributed by atoms with van der Waals surface area (Å²) in [6.45, 7) is 16.1. The molecule has 6 aromatic carbocycles. The van der Waals surface area contributed by atoms with Crippen molar-refractivity contribution in [2.24, 2.45) is 0 Å². The molecule has 0 aliphatic carbocycles. The highest BCUT2D eigenvalue weighted by Gasteiger charge is 2.25. The van der Waals surface area contributed by atoms with Crippen LogP contribution in [0.3, 0.4) is 0 Å². The molecule has 1 atom stereocenters. The number of allylic oxidation sites excluding steroid dienone is 5. The lowest BCUT2D eigenvalue weighted by molar-refractivity contribution is 0.450. The third kappa shape index (κ3) is 7.76. The summed E-state index contributed by atoms with van der Waals surface area (Å²) in [6.07, 6.45) is 7.16. The summed E-state index contributed by atoms with van der Waals surface area (Å²) in [5.41, 5.74) is 9.78. The van der Waals surface area contributed by atoms with Crippen molar-refractivity contribution < 1.29 is 13.2 Å². The van der Waals surface area contributed by atoms with Crippen LogP contribution in [0.15, 0.2) is 146 Å². The molecule has 0 amide bonds. The van der Waals surface area contributed by atoms with Crippen molar-refractivity contribution in [3.8, 4) is 33.4 Å². The zero-order chi connectivity index (χ0) is 38.5. The maximum atomic E-state index is 15.2. The van der Waals surface area contributed by atoms with E-state index in [1.54, 1.807) is 42.5 Å². The molecule has 0 saturated heterocycles. The highest BCUT2D eigenvalue weighted by molar-refractivity contribution is 7.25. The first-order valence-corrected chi connectivity index (χ1v) is 19.2. The van der Waals surface area contributed by atoms with E-state index in [2.05, 4.69) is 88.9 Å². The number of fused-ring (bicyclic) bond motifs is 3. The Labute approximate surface area is 321 Å². The van der Waals surface area contributed by atoms with Crippen LogP contribution >= 0.6 is 11.3 Å². The first kappa shape index (κ1) is 38.3. The Balaban J connectivity index is 0.000000234. The Morgan fingerprint density at radius 2 is 1.28 bits per heavy atom. The smallest absolute Gasteiger partial charge is 0.195 e. The van der Waals surface area contributed by atoms with Gasteiger partial charge in [-0.2, -0.15) is 0 Å². The number of thiophene rings is 1. The van der Waals surface area contributed by atoms with E-state index in [4.69, 9.17) is 0 Å². The molecular formula is C50H45F3S. The van der Waals surface area contributed by atoms with E-state index in [0.717, 1.165) is 27.8 Å². The van der Waals surface area contributed by atoms with Crippen LogP contribution in [-0.2, 0) is 0 Å². The van der Waals surface area contributed by atoms with Crippen LogP contribution in [0.1, 0.15) is 62.3 Å². The highest BCUT2D eigenvalue weighted by Crippen LogP contribution is 2.41. The number of halogens is 3. The monoisotopic (exact) mass is 734 g/mol. The quantitative estimate of drug-likeness (QED) is 0.108.